The molecule has 5 heteroatoms. The highest BCUT2D eigenvalue weighted by Crippen LogP contribution is 2.32. The van der Waals surface area contributed by atoms with Crippen LogP contribution in [-0.2, 0) is 0 Å². The molecule has 3 nitrogen and oxygen atoms in total. The summed E-state index contributed by atoms with van der Waals surface area (Å²) in [6, 6.07) is 12.6. The molecule has 23 heavy (non-hydrogen) atoms. The highest BCUT2D eigenvalue weighted by atomic mass is 19.2. The summed E-state index contributed by atoms with van der Waals surface area (Å²) < 4.78 is 26.7. The van der Waals surface area contributed by atoms with E-state index < -0.39 is 11.6 Å². The summed E-state index contributed by atoms with van der Waals surface area (Å²) in [5.41, 5.74) is 9.57. The smallest absolute Gasteiger partial charge is 0.159 e. The molecule has 1 aromatic heterocycles. The molecular weight excluding hydrogens is 296 g/mol. The molecule has 0 radical (unpaired) electrons. The average molecular weight is 309 g/mol. The number of nitrogens with one attached hydrogen (secondary N) is 1. The monoisotopic (exact) mass is 309 g/mol. The molecule has 0 unspecified atom stereocenters. The Bertz CT molecular complexity index is 891. The van der Waals surface area contributed by atoms with Gasteiger partial charge in [-0.3, -0.25) is 4.98 Å². The lowest BCUT2D eigenvalue weighted by molar-refractivity contribution is 0.509. The highest BCUT2D eigenvalue weighted by Gasteiger charge is 2.12. The van der Waals surface area contributed by atoms with Gasteiger partial charge in [0.05, 0.1) is 5.69 Å². The summed E-state index contributed by atoms with van der Waals surface area (Å²) in [7, 11) is 0. The lowest BCUT2D eigenvalue weighted by Crippen LogP contribution is -1.95. The molecule has 0 aliphatic carbocycles. The predicted molar refractivity (Wildman–Crippen MR) is 87.3 cm³/mol. The fourth-order valence-corrected chi connectivity index (χ4v) is 2.39. The van der Waals surface area contributed by atoms with Crippen LogP contribution in [0.2, 0.25) is 0 Å². The Balaban J connectivity index is 2.16. The summed E-state index contributed by atoms with van der Waals surface area (Å²) in [6.07, 6.45) is 2.77. The summed E-state index contributed by atoms with van der Waals surface area (Å²) in [6.45, 7) is 0. The summed E-state index contributed by atoms with van der Waals surface area (Å²) in [5, 5.41) is 7.29. The number of aromatic nitrogens is 1. The molecule has 0 bridgehead atoms. The van der Waals surface area contributed by atoms with Gasteiger partial charge in [-0.05, 0) is 35.9 Å². The van der Waals surface area contributed by atoms with Crippen LogP contribution in [0, 0.1) is 17.0 Å². The minimum atomic E-state index is -0.919. The van der Waals surface area contributed by atoms with Crippen molar-refractivity contribution < 1.29 is 8.78 Å². The largest absolute Gasteiger partial charge is 0.398 e. The summed E-state index contributed by atoms with van der Waals surface area (Å²) in [5.74, 6) is -1.82. The quantitative estimate of drug-likeness (QED) is 0.560. The topological polar surface area (TPSA) is 62.8 Å². The van der Waals surface area contributed by atoms with E-state index in [4.69, 9.17) is 11.1 Å². The number of hydrogen-bond acceptors (Lipinski definition) is 3. The first-order valence-corrected chi connectivity index (χ1v) is 6.91. The van der Waals surface area contributed by atoms with Gasteiger partial charge in [0.25, 0.3) is 0 Å². The molecule has 0 spiro atoms. The number of benzene rings is 2. The van der Waals surface area contributed by atoms with Crippen LogP contribution in [0.3, 0.4) is 0 Å². The molecule has 2 aromatic carbocycles. The maximum Gasteiger partial charge on any atom is 0.159 e. The van der Waals surface area contributed by atoms with Gasteiger partial charge in [0.1, 0.15) is 0 Å². The number of nitrogens with zero attached hydrogens (tertiary/aromatic N) is 1. The fraction of sp³-hybridized carbons (Fsp3) is 0. The number of anilines is 1. The Labute approximate surface area is 131 Å². The van der Waals surface area contributed by atoms with E-state index in [0.717, 1.165) is 23.3 Å². The van der Waals surface area contributed by atoms with Crippen molar-refractivity contribution in [3.05, 3.63) is 71.9 Å². The molecule has 1 heterocycles. The molecule has 0 atom stereocenters. The van der Waals surface area contributed by atoms with Crippen molar-refractivity contribution in [1.82, 2.24) is 4.98 Å². The van der Waals surface area contributed by atoms with E-state index in [1.165, 1.54) is 12.3 Å². The zero-order chi connectivity index (χ0) is 16.4. The molecular formula is C18H13F2N3. The average Bonchev–Trinajstić information content (AvgIpc) is 2.57. The lowest BCUT2D eigenvalue weighted by atomic mass is 9.97. The first kappa shape index (κ1) is 14.8. The van der Waals surface area contributed by atoms with Crippen molar-refractivity contribution >= 4 is 11.9 Å². The van der Waals surface area contributed by atoms with Gasteiger partial charge in [-0.15, -0.1) is 0 Å². The second-order valence-electron chi connectivity index (χ2n) is 5.02. The number of pyridine rings is 1. The molecule has 3 aromatic rings. The molecule has 0 aliphatic heterocycles. The van der Waals surface area contributed by atoms with E-state index in [0.29, 0.717) is 22.5 Å². The van der Waals surface area contributed by atoms with Crippen LogP contribution in [0.1, 0.15) is 5.56 Å². The van der Waals surface area contributed by atoms with Crippen LogP contribution in [0.15, 0.2) is 54.7 Å². The second kappa shape index (κ2) is 5.96. The lowest BCUT2D eigenvalue weighted by Gasteiger charge is -2.11. The Hall–Kier alpha value is -3.08. The van der Waals surface area contributed by atoms with Gasteiger partial charge in [-0.25, -0.2) is 8.78 Å². The van der Waals surface area contributed by atoms with Crippen LogP contribution >= 0.6 is 0 Å². The molecule has 0 aliphatic rings. The van der Waals surface area contributed by atoms with Gasteiger partial charge in [0, 0.05) is 34.8 Å². The van der Waals surface area contributed by atoms with Crippen LogP contribution in [0.25, 0.3) is 22.4 Å². The zero-order valence-corrected chi connectivity index (χ0v) is 12.1. The standard InChI is InChI=1S/C18H13F2N3/c19-15-6-5-12(8-16(15)20)18-14(2-1-7-23-18)11-3-4-13(10-21)17(22)9-11/h1-10,21H,22H2. The van der Waals surface area contributed by atoms with Crippen molar-refractivity contribution in [3.8, 4) is 22.4 Å². The molecule has 3 N–H and O–H groups in total. The van der Waals surface area contributed by atoms with Crippen molar-refractivity contribution in [3.63, 3.8) is 0 Å². The van der Waals surface area contributed by atoms with Crippen LogP contribution in [-0.4, -0.2) is 11.2 Å². The van der Waals surface area contributed by atoms with Gasteiger partial charge >= 0.3 is 0 Å². The summed E-state index contributed by atoms with van der Waals surface area (Å²) >= 11 is 0. The van der Waals surface area contributed by atoms with E-state index in [1.807, 2.05) is 12.1 Å². The third-order valence-electron chi connectivity index (χ3n) is 3.55. The van der Waals surface area contributed by atoms with Gasteiger partial charge in [-0.2, -0.15) is 0 Å². The number of nitrogen functional groups attached to an aromatic ring is 1. The Morgan fingerprint density at radius 1 is 0.957 bits per heavy atom. The third kappa shape index (κ3) is 2.81. The second-order valence-corrected chi connectivity index (χ2v) is 5.02. The van der Waals surface area contributed by atoms with Gasteiger partial charge in [0.2, 0.25) is 0 Å². The zero-order valence-electron chi connectivity index (χ0n) is 12.1. The number of rotatable bonds is 3. The predicted octanol–water partition coefficient (Wildman–Crippen LogP) is 4.27. The first-order chi connectivity index (χ1) is 11.1. The number of hydrogen-bond donors (Lipinski definition) is 2. The van der Waals surface area contributed by atoms with E-state index in [1.54, 1.807) is 24.4 Å². The van der Waals surface area contributed by atoms with E-state index in [2.05, 4.69) is 4.98 Å². The van der Waals surface area contributed by atoms with E-state index in [-0.39, 0.29) is 0 Å². The van der Waals surface area contributed by atoms with Crippen LogP contribution < -0.4 is 5.73 Å². The molecule has 114 valence electrons. The molecule has 0 amide bonds. The highest BCUT2D eigenvalue weighted by molar-refractivity contribution is 5.89. The minimum absolute atomic E-state index is 0.470. The van der Waals surface area contributed by atoms with Crippen molar-refractivity contribution in [1.29, 1.82) is 5.41 Å². The van der Waals surface area contributed by atoms with Gasteiger partial charge in [-0.1, -0.05) is 18.2 Å². The maximum atomic E-state index is 13.5. The number of nitrogens with two attached hydrogens (primary N) is 1. The number of halogens is 2. The molecule has 3 rings (SSSR count). The fourth-order valence-electron chi connectivity index (χ4n) is 2.39. The first-order valence-electron chi connectivity index (χ1n) is 6.91. The van der Waals surface area contributed by atoms with Crippen LogP contribution in [0.4, 0.5) is 14.5 Å². The van der Waals surface area contributed by atoms with Crippen molar-refractivity contribution in [2.75, 3.05) is 5.73 Å². The summed E-state index contributed by atoms with van der Waals surface area (Å²) in [4.78, 5) is 4.29. The minimum Gasteiger partial charge on any atom is -0.398 e. The molecule has 0 saturated carbocycles. The van der Waals surface area contributed by atoms with Crippen molar-refractivity contribution in [2.45, 2.75) is 0 Å². The maximum absolute atomic E-state index is 13.5. The van der Waals surface area contributed by atoms with E-state index in [9.17, 15) is 8.78 Å². The van der Waals surface area contributed by atoms with Crippen molar-refractivity contribution in [2.24, 2.45) is 0 Å². The molecule has 0 fully saturated rings. The van der Waals surface area contributed by atoms with Crippen LogP contribution in [0.5, 0.6) is 0 Å². The van der Waals surface area contributed by atoms with Gasteiger partial charge in [0.15, 0.2) is 11.6 Å². The van der Waals surface area contributed by atoms with E-state index >= 15 is 0 Å². The molecule has 0 saturated heterocycles. The SMILES string of the molecule is N=Cc1ccc(-c2cccnc2-c2ccc(F)c(F)c2)cc1N. The van der Waals surface area contributed by atoms with Gasteiger partial charge < -0.3 is 11.1 Å². The normalized spacial score (nSPS) is 10.5. The Morgan fingerprint density at radius 2 is 1.74 bits per heavy atom. The third-order valence-corrected chi connectivity index (χ3v) is 3.55. The Morgan fingerprint density at radius 3 is 2.43 bits per heavy atom. The Kier molecular flexibility index (Phi) is 3.85.